The maximum absolute atomic E-state index is 13.2. The number of pyridine rings is 2. The Labute approximate surface area is 292 Å². The first-order valence-corrected chi connectivity index (χ1v) is 17.7. The first kappa shape index (κ1) is 37.8. The van der Waals surface area contributed by atoms with E-state index in [1.165, 1.54) is 60.9 Å². The highest BCUT2D eigenvalue weighted by Crippen LogP contribution is 2.36. The highest BCUT2D eigenvalue weighted by atomic mass is 32.2. The van der Waals surface area contributed by atoms with Crippen molar-refractivity contribution in [3.63, 3.8) is 0 Å². The number of alkyl halides is 6. The van der Waals surface area contributed by atoms with Crippen molar-refractivity contribution in [1.82, 2.24) is 29.1 Å². The summed E-state index contributed by atoms with van der Waals surface area (Å²) in [7, 11) is -8.32. The van der Waals surface area contributed by atoms with Crippen LogP contribution < -0.4 is 10.3 Å². The zero-order valence-electron chi connectivity index (χ0n) is 26.8. The smallest absolute Gasteiger partial charge is 0.298 e. The predicted octanol–water partition coefficient (Wildman–Crippen LogP) is 5.82. The van der Waals surface area contributed by atoms with E-state index in [1.807, 2.05) is 0 Å². The fourth-order valence-electron chi connectivity index (χ4n) is 4.99. The molecule has 0 radical (unpaired) electrons. The van der Waals surface area contributed by atoms with Crippen LogP contribution in [0.15, 0.2) is 108 Å². The molecule has 0 saturated carbocycles. The van der Waals surface area contributed by atoms with Crippen LogP contribution in [-0.2, 0) is 32.4 Å². The molecule has 0 aliphatic heterocycles. The fourth-order valence-corrected chi connectivity index (χ4v) is 6.44. The van der Waals surface area contributed by atoms with Crippen molar-refractivity contribution >= 4 is 20.0 Å². The number of rotatable bonds is 6. The first-order chi connectivity index (χ1) is 24.2. The lowest BCUT2D eigenvalue weighted by Gasteiger charge is -2.12. The van der Waals surface area contributed by atoms with Crippen molar-refractivity contribution < 1.29 is 43.2 Å². The van der Waals surface area contributed by atoms with Gasteiger partial charge in [-0.05, 0) is 61.9 Å². The summed E-state index contributed by atoms with van der Waals surface area (Å²) in [4.78, 5) is 14.7. The fraction of sp³-hybridized carbons (Fsp3) is 0.125. The number of hydrogen-bond acceptors (Lipinski definition) is 8. The third-order valence-electron chi connectivity index (χ3n) is 7.24. The third kappa shape index (κ3) is 8.20. The number of sulfonamides is 2. The molecule has 2 aromatic carbocycles. The van der Waals surface area contributed by atoms with Gasteiger partial charge in [0.15, 0.2) is 11.4 Å². The standard InChI is InChI=1S/2C16H13F3N4O2S/c1-10-11(5-4-8-21-10)15-22-14(16(17,18)19)9-23(15)12-6-2-3-7-13(12)26(20,24)25;1-10-6-11(8-21-7-10)15-22-14(16(17,18)19)9-23(15)12-4-2-3-5-13(12)26(20,24)25/h2*2-9H,1H3,(H2,20,24,25). The van der Waals surface area contributed by atoms with Gasteiger partial charge in [-0.25, -0.2) is 37.1 Å². The third-order valence-corrected chi connectivity index (χ3v) is 9.15. The van der Waals surface area contributed by atoms with E-state index < -0.39 is 43.8 Å². The lowest BCUT2D eigenvalue weighted by Crippen LogP contribution is -2.15. The average Bonchev–Trinajstić information content (AvgIpc) is 3.71. The molecule has 4 N–H and O–H groups in total. The summed E-state index contributed by atoms with van der Waals surface area (Å²) in [6, 6.07) is 15.7. The van der Waals surface area contributed by atoms with Gasteiger partial charge >= 0.3 is 12.4 Å². The monoisotopic (exact) mass is 764 g/mol. The van der Waals surface area contributed by atoms with Gasteiger partial charge in [-0.3, -0.25) is 19.1 Å². The van der Waals surface area contributed by atoms with Crippen molar-refractivity contribution in [2.24, 2.45) is 10.3 Å². The zero-order valence-corrected chi connectivity index (χ0v) is 28.4. The van der Waals surface area contributed by atoms with Gasteiger partial charge in [0.25, 0.3) is 0 Å². The van der Waals surface area contributed by atoms with E-state index in [4.69, 9.17) is 10.3 Å². The molecular formula is C32H26F6N8O4S2. The largest absolute Gasteiger partial charge is 0.434 e. The second-order valence-electron chi connectivity index (χ2n) is 11.0. The molecule has 0 bridgehead atoms. The summed E-state index contributed by atoms with van der Waals surface area (Å²) >= 11 is 0. The molecule has 52 heavy (non-hydrogen) atoms. The second-order valence-corrected chi connectivity index (χ2v) is 14.1. The Hall–Kier alpha value is -5.44. The molecule has 0 aliphatic carbocycles. The van der Waals surface area contributed by atoms with Crippen LogP contribution in [0.3, 0.4) is 0 Å². The molecule has 4 aromatic heterocycles. The molecule has 12 nitrogen and oxygen atoms in total. The van der Waals surface area contributed by atoms with Gasteiger partial charge in [-0.15, -0.1) is 0 Å². The van der Waals surface area contributed by atoms with Gasteiger partial charge in [0.05, 0.1) is 11.4 Å². The van der Waals surface area contributed by atoms with E-state index in [-0.39, 0.29) is 32.8 Å². The van der Waals surface area contributed by atoms with Gasteiger partial charge in [-0.1, -0.05) is 24.3 Å². The minimum atomic E-state index is -4.70. The highest BCUT2D eigenvalue weighted by Gasteiger charge is 2.37. The molecule has 0 unspecified atom stereocenters. The Morgan fingerprint density at radius 3 is 1.60 bits per heavy atom. The number of aromatic nitrogens is 6. The number of nitrogens with zero attached hydrogens (tertiary/aromatic N) is 6. The van der Waals surface area contributed by atoms with Crippen molar-refractivity contribution in [3.05, 3.63) is 120 Å². The molecule has 0 amide bonds. The summed E-state index contributed by atoms with van der Waals surface area (Å²) in [6.07, 6.45) is -3.53. The predicted molar refractivity (Wildman–Crippen MR) is 176 cm³/mol. The van der Waals surface area contributed by atoms with E-state index in [2.05, 4.69) is 19.9 Å². The first-order valence-electron chi connectivity index (χ1n) is 14.6. The maximum atomic E-state index is 13.2. The number of nitrogens with two attached hydrogens (primary N) is 2. The molecule has 6 rings (SSSR count). The average molecular weight is 765 g/mol. The Morgan fingerprint density at radius 1 is 0.654 bits per heavy atom. The Bertz CT molecular complexity index is 2500. The van der Waals surface area contributed by atoms with E-state index >= 15 is 0 Å². The lowest BCUT2D eigenvalue weighted by molar-refractivity contribution is -0.141. The van der Waals surface area contributed by atoms with Gasteiger partial charge < -0.3 is 0 Å². The van der Waals surface area contributed by atoms with Crippen LogP contribution in [0.1, 0.15) is 22.6 Å². The van der Waals surface area contributed by atoms with Gasteiger partial charge in [0.1, 0.15) is 21.4 Å². The minimum Gasteiger partial charge on any atom is -0.298 e. The van der Waals surface area contributed by atoms with E-state index in [1.54, 1.807) is 38.2 Å². The van der Waals surface area contributed by atoms with Crippen LogP contribution in [-0.4, -0.2) is 45.9 Å². The molecule has 272 valence electrons. The van der Waals surface area contributed by atoms with E-state index in [0.717, 1.165) is 21.5 Å². The molecular weight excluding hydrogens is 739 g/mol. The second kappa shape index (κ2) is 13.9. The van der Waals surface area contributed by atoms with Gasteiger partial charge in [0, 0.05) is 47.8 Å². The maximum Gasteiger partial charge on any atom is 0.434 e. The number of para-hydroxylation sites is 2. The molecule has 20 heteroatoms. The summed E-state index contributed by atoms with van der Waals surface area (Å²) in [6.45, 7) is 3.35. The number of imidazole rings is 2. The molecule has 6 aromatic rings. The number of hydrogen-bond donors (Lipinski definition) is 2. The topological polar surface area (TPSA) is 182 Å². The van der Waals surface area contributed by atoms with Crippen LogP contribution in [0.5, 0.6) is 0 Å². The summed E-state index contributed by atoms with van der Waals surface area (Å²) in [5.74, 6) is -0.177. The van der Waals surface area contributed by atoms with Crippen molar-refractivity contribution in [1.29, 1.82) is 0 Å². The number of benzene rings is 2. The normalized spacial score (nSPS) is 12.3. The van der Waals surface area contributed by atoms with Crippen molar-refractivity contribution in [2.75, 3.05) is 0 Å². The molecule has 4 heterocycles. The molecule has 0 saturated heterocycles. The van der Waals surface area contributed by atoms with E-state index in [9.17, 15) is 43.2 Å². The van der Waals surface area contributed by atoms with E-state index in [0.29, 0.717) is 22.4 Å². The number of aryl methyl sites for hydroxylation is 2. The van der Waals surface area contributed by atoms with Crippen molar-refractivity contribution in [2.45, 2.75) is 36.0 Å². The van der Waals surface area contributed by atoms with Crippen LogP contribution >= 0.6 is 0 Å². The zero-order chi connectivity index (χ0) is 38.2. The van der Waals surface area contributed by atoms with Crippen LogP contribution in [0.4, 0.5) is 26.3 Å². The van der Waals surface area contributed by atoms with Crippen LogP contribution in [0.25, 0.3) is 34.2 Å². The van der Waals surface area contributed by atoms with Crippen molar-refractivity contribution in [3.8, 4) is 34.2 Å². The molecule has 0 atom stereocenters. The summed E-state index contributed by atoms with van der Waals surface area (Å²) < 4.78 is 129. The van der Waals surface area contributed by atoms with Crippen LogP contribution in [0.2, 0.25) is 0 Å². The SMILES string of the molecule is Cc1cncc(-c2nc(C(F)(F)F)cn2-c2ccccc2S(N)(=O)=O)c1.Cc1ncccc1-c1nc(C(F)(F)F)cn1-c1ccccc1S(N)(=O)=O. The quantitative estimate of drug-likeness (QED) is 0.199. The summed E-state index contributed by atoms with van der Waals surface area (Å²) in [5.41, 5.74) is -0.563. The minimum absolute atomic E-state index is 0.0312. The molecule has 0 aliphatic rings. The van der Waals surface area contributed by atoms with Crippen LogP contribution in [0, 0.1) is 13.8 Å². The molecule has 0 fully saturated rings. The summed E-state index contributed by atoms with van der Waals surface area (Å²) in [5, 5.41) is 10.4. The number of primary sulfonamides is 2. The Morgan fingerprint density at radius 2 is 1.13 bits per heavy atom. The lowest BCUT2D eigenvalue weighted by atomic mass is 10.2. The number of halogens is 6. The van der Waals surface area contributed by atoms with Gasteiger partial charge in [-0.2, -0.15) is 26.3 Å². The molecule has 0 spiro atoms. The van der Waals surface area contributed by atoms with Gasteiger partial charge in [0.2, 0.25) is 20.0 Å². The Balaban J connectivity index is 0.000000201. The highest BCUT2D eigenvalue weighted by molar-refractivity contribution is 7.89. The Kier molecular flexibility index (Phi) is 10.1.